The van der Waals surface area contributed by atoms with E-state index in [4.69, 9.17) is 23.4 Å². The number of methoxy groups -OCH3 is 4. The average Bonchev–Trinajstić information content (AvgIpc) is 2.65. The molecule has 0 unspecified atom stereocenters. The van der Waals surface area contributed by atoms with Crippen molar-refractivity contribution in [1.82, 2.24) is 0 Å². The first-order valence-electron chi connectivity index (χ1n) is 7.68. The number of aromatic hydroxyl groups is 1. The Morgan fingerprint density at radius 1 is 0.846 bits per heavy atom. The van der Waals surface area contributed by atoms with Gasteiger partial charge in [-0.1, -0.05) is 6.07 Å². The minimum atomic E-state index is -0.573. The van der Waals surface area contributed by atoms with Gasteiger partial charge in [0.25, 0.3) is 0 Å². The highest BCUT2D eigenvalue weighted by atomic mass is 16.5. The second kappa shape index (κ2) is 6.87. The third-order valence-corrected chi connectivity index (χ3v) is 4.03. The summed E-state index contributed by atoms with van der Waals surface area (Å²) >= 11 is 0. The van der Waals surface area contributed by atoms with Gasteiger partial charge in [-0.15, -0.1) is 0 Å². The topological polar surface area (TPSA) is 87.4 Å². The lowest BCUT2D eigenvalue weighted by atomic mass is 10.00. The van der Waals surface area contributed by atoms with Gasteiger partial charge in [0.05, 0.1) is 33.8 Å². The minimum Gasteiger partial charge on any atom is -0.504 e. The Morgan fingerprint density at radius 2 is 1.54 bits per heavy atom. The molecule has 0 bridgehead atoms. The van der Waals surface area contributed by atoms with Crippen LogP contribution in [0.2, 0.25) is 0 Å². The van der Waals surface area contributed by atoms with Gasteiger partial charge < -0.3 is 28.5 Å². The van der Waals surface area contributed by atoms with Crippen LogP contribution in [0.15, 0.2) is 39.5 Å². The second-order valence-electron chi connectivity index (χ2n) is 5.38. The van der Waals surface area contributed by atoms with Gasteiger partial charge in [-0.2, -0.15) is 0 Å². The Kier molecular flexibility index (Phi) is 4.62. The van der Waals surface area contributed by atoms with Crippen LogP contribution in [0.4, 0.5) is 0 Å². The van der Waals surface area contributed by atoms with E-state index in [0.717, 1.165) is 0 Å². The number of fused-ring (bicyclic) bond motifs is 1. The van der Waals surface area contributed by atoms with E-state index in [0.29, 0.717) is 33.8 Å². The van der Waals surface area contributed by atoms with E-state index >= 15 is 0 Å². The van der Waals surface area contributed by atoms with Gasteiger partial charge in [-0.05, 0) is 17.7 Å². The summed E-state index contributed by atoms with van der Waals surface area (Å²) in [5, 5.41) is 10.6. The monoisotopic (exact) mass is 358 g/mol. The molecule has 2 aromatic carbocycles. The van der Waals surface area contributed by atoms with Crippen LogP contribution in [0.25, 0.3) is 22.1 Å². The molecule has 1 heterocycles. The number of phenolic OH excluding ortho intramolecular Hbond substituents is 1. The number of rotatable bonds is 5. The van der Waals surface area contributed by atoms with Crippen molar-refractivity contribution < 1.29 is 28.5 Å². The maximum absolute atomic E-state index is 12.2. The van der Waals surface area contributed by atoms with Crippen molar-refractivity contribution in [2.75, 3.05) is 28.4 Å². The highest BCUT2D eigenvalue weighted by Gasteiger charge is 2.21. The molecule has 7 heteroatoms. The number of hydrogen-bond acceptors (Lipinski definition) is 7. The van der Waals surface area contributed by atoms with E-state index in [2.05, 4.69) is 0 Å². The summed E-state index contributed by atoms with van der Waals surface area (Å²) in [7, 11) is 5.89. The van der Waals surface area contributed by atoms with Crippen LogP contribution in [-0.4, -0.2) is 33.5 Å². The molecule has 0 aliphatic rings. The van der Waals surface area contributed by atoms with Crippen LogP contribution in [0, 0.1) is 0 Å². The molecule has 136 valence electrons. The first-order chi connectivity index (χ1) is 12.5. The van der Waals surface area contributed by atoms with Gasteiger partial charge in [0.1, 0.15) is 5.75 Å². The van der Waals surface area contributed by atoms with Crippen LogP contribution in [0.3, 0.4) is 0 Å². The number of phenols is 1. The minimum absolute atomic E-state index is 0.0502. The van der Waals surface area contributed by atoms with Gasteiger partial charge in [0, 0.05) is 17.7 Å². The number of ether oxygens (including phenoxy) is 4. The first-order valence-corrected chi connectivity index (χ1v) is 7.68. The van der Waals surface area contributed by atoms with Crippen LogP contribution in [0.5, 0.6) is 28.7 Å². The van der Waals surface area contributed by atoms with E-state index < -0.39 is 5.63 Å². The molecule has 1 aromatic heterocycles. The SMILES string of the molecule is COc1ccc(-c2cc(=O)oc3c(OC)c(OC)cc(OC)c23)cc1O. The fraction of sp³-hybridized carbons (Fsp3) is 0.211. The van der Waals surface area contributed by atoms with E-state index in [1.165, 1.54) is 40.6 Å². The quantitative estimate of drug-likeness (QED) is 0.701. The number of hydrogen-bond donors (Lipinski definition) is 1. The van der Waals surface area contributed by atoms with Gasteiger partial charge >= 0.3 is 5.63 Å². The van der Waals surface area contributed by atoms with E-state index in [9.17, 15) is 9.90 Å². The van der Waals surface area contributed by atoms with Gasteiger partial charge in [0.15, 0.2) is 22.8 Å². The Hall–Kier alpha value is -3.35. The molecule has 7 nitrogen and oxygen atoms in total. The van der Waals surface area contributed by atoms with E-state index in [-0.39, 0.29) is 17.1 Å². The van der Waals surface area contributed by atoms with Gasteiger partial charge in [0.2, 0.25) is 5.75 Å². The second-order valence-corrected chi connectivity index (χ2v) is 5.38. The standard InChI is InChI=1S/C19H18O7/c1-22-13-6-5-10(7-12(13)20)11-8-16(21)26-19-17(11)14(23-2)9-15(24-3)18(19)25-4/h5-9,20H,1-4H3. The van der Waals surface area contributed by atoms with E-state index in [1.807, 2.05) is 0 Å². The van der Waals surface area contributed by atoms with Crippen molar-refractivity contribution in [2.24, 2.45) is 0 Å². The molecular weight excluding hydrogens is 340 g/mol. The molecule has 0 saturated carbocycles. The molecular formula is C19H18O7. The zero-order valence-corrected chi connectivity index (χ0v) is 14.8. The molecule has 0 amide bonds. The molecule has 1 N–H and O–H groups in total. The highest BCUT2D eigenvalue weighted by Crippen LogP contribution is 2.45. The molecule has 0 saturated heterocycles. The van der Waals surface area contributed by atoms with Crippen LogP contribution in [0.1, 0.15) is 0 Å². The average molecular weight is 358 g/mol. The predicted octanol–water partition coefficient (Wildman–Crippen LogP) is 3.20. The maximum atomic E-state index is 12.2. The Labute approximate surface area is 149 Å². The summed E-state index contributed by atoms with van der Waals surface area (Å²) in [6, 6.07) is 7.82. The lowest BCUT2D eigenvalue weighted by molar-refractivity contribution is 0.347. The van der Waals surface area contributed by atoms with Crippen LogP contribution < -0.4 is 24.6 Å². The van der Waals surface area contributed by atoms with Crippen molar-refractivity contribution >= 4 is 11.0 Å². The number of benzene rings is 2. The highest BCUT2D eigenvalue weighted by molar-refractivity contribution is 6.02. The predicted molar refractivity (Wildman–Crippen MR) is 95.8 cm³/mol. The molecule has 3 rings (SSSR count). The summed E-state index contributed by atoms with van der Waals surface area (Å²) < 4.78 is 26.6. The zero-order chi connectivity index (χ0) is 18.8. The smallest absolute Gasteiger partial charge is 0.336 e. The fourth-order valence-electron chi connectivity index (χ4n) is 2.86. The molecule has 0 fully saturated rings. The van der Waals surface area contributed by atoms with Crippen molar-refractivity contribution in [1.29, 1.82) is 0 Å². The van der Waals surface area contributed by atoms with Crippen molar-refractivity contribution in [3.8, 4) is 39.9 Å². The van der Waals surface area contributed by atoms with Gasteiger partial charge in [-0.3, -0.25) is 0 Å². The zero-order valence-electron chi connectivity index (χ0n) is 14.8. The Balaban J connectivity index is 2.43. The summed E-state index contributed by atoms with van der Waals surface area (Å²) in [4.78, 5) is 12.2. The summed E-state index contributed by atoms with van der Waals surface area (Å²) in [6.45, 7) is 0. The summed E-state index contributed by atoms with van der Waals surface area (Å²) in [6.07, 6.45) is 0. The molecule has 0 spiro atoms. The maximum Gasteiger partial charge on any atom is 0.336 e. The molecule has 0 atom stereocenters. The summed E-state index contributed by atoms with van der Waals surface area (Å²) in [5.74, 6) is 1.36. The molecule has 0 aliphatic heterocycles. The molecule has 3 aromatic rings. The first kappa shape index (κ1) is 17.5. The van der Waals surface area contributed by atoms with Gasteiger partial charge in [-0.25, -0.2) is 4.79 Å². The normalized spacial score (nSPS) is 10.6. The Bertz CT molecular complexity index is 1020. The lowest BCUT2D eigenvalue weighted by Gasteiger charge is -2.15. The van der Waals surface area contributed by atoms with E-state index in [1.54, 1.807) is 18.2 Å². The van der Waals surface area contributed by atoms with Crippen molar-refractivity contribution in [3.05, 3.63) is 40.8 Å². The third kappa shape index (κ3) is 2.77. The fourth-order valence-corrected chi connectivity index (χ4v) is 2.86. The Morgan fingerprint density at radius 3 is 2.12 bits per heavy atom. The van der Waals surface area contributed by atoms with Crippen molar-refractivity contribution in [2.45, 2.75) is 0 Å². The van der Waals surface area contributed by atoms with Crippen molar-refractivity contribution in [3.63, 3.8) is 0 Å². The molecule has 0 radical (unpaired) electrons. The largest absolute Gasteiger partial charge is 0.504 e. The van der Waals surface area contributed by atoms with Crippen LogP contribution >= 0.6 is 0 Å². The molecule has 26 heavy (non-hydrogen) atoms. The van der Waals surface area contributed by atoms with Crippen LogP contribution in [-0.2, 0) is 0 Å². The summed E-state index contributed by atoms with van der Waals surface area (Å²) in [5.41, 5.74) is 0.733. The molecule has 0 aliphatic carbocycles. The lowest BCUT2D eigenvalue weighted by Crippen LogP contribution is -2.02. The third-order valence-electron chi connectivity index (χ3n) is 4.03.